The van der Waals surface area contributed by atoms with Gasteiger partial charge in [0, 0.05) is 19.0 Å². The number of nitrogens with one attached hydrogen (secondary N) is 1. The summed E-state index contributed by atoms with van der Waals surface area (Å²) in [5.74, 6) is 1.56. The molecule has 54 valence electrons. The molecule has 1 saturated heterocycles. The van der Waals surface area contributed by atoms with Gasteiger partial charge in [-0.3, -0.25) is 0 Å². The third-order valence-corrected chi connectivity index (χ3v) is 2.45. The Hall–Kier alpha value is 0.270. The van der Waals surface area contributed by atoms with Crippen molar-refractivity contribution in [3.05, 3.63) is 0 Å². The van der Waals surface area contributed by atoms with Crippen LogP contribution in [0.2, 0.25) is 0 Å². The van der Waals surface area contributed by atoms with Crippen LogP contribution < -0.4 is 5.32 Å². The van der Waals surface area contributed by atoms with Crippen LogP contribution >= 0.6 is 11.8 Å². The molecule has 2 N–H and O–H groups in total. The summed E-state index contributed by atoms with van der Waals surface area (Å²) in [7, 11) is 0. The highest BCUT2D eigenvalue weighted by molar-refractivity contribution is 7.98. The summed E-state index contributed by atoms with van der Waals surface area (Å²) in [6.07, 6.45) is 1.97. The zero-order valence-electron chi connectivity index (χ0n) is 5.63. The second-order valence-electron chi connectivity index (χ2n) is 2.44. The molecule has 0 bridgehead atoms. The zero-order chi connectivity index (χ0) is 6.69. The number of rotatable bonds is 2. The summed E-state index contributed by atoms with van der Waals surface area (Å²) in [6.45, 7) is 1.77. The molecule has 0 saturated carbocycles. The van der Waals surface area contributed by atoms with Crippen molar-refractivity contribution in [2.24, 2.45) is 5.92 Å². The Bertz CT molecular complexity index is 89.1. The second-order valence-corrected chi connectivity index (χ2v) is 3.35. The third-order valence-electron chi connectivity index (χ3n) is 1.68. The van der Waals surface area contributed by atoms with E-state index in [1.54, 1.807) is 11.8 Å². The Balaban J connectivity index is 2.22. The number of aliphatic hydroxyl groups is 1. The van der Waals surface area contributed by atoms with Crippen LogP contribution in [0.25, 0.3) is 0 Å². The summed E-state index contributed by atoms with van der Waals surface area (Å²) >= 11 is 1.80. The summed E-state index contributed by atoms with van der Waals surface area (Å²) in [6, 6.07) is 0. The largest absolute Gasteiger partial charge is 0.391 e. The van der Waals surface area contributed by atoms with Gasteiger partial charge in [0.1, 0.15) is 0 Å². The first kappa shape index (κ1) is 7.38. The molecule has 9 heavy (non-hydrogen) atoms. The molecule has 3 heteroatoms. The number of hydrogen-bond donors (Lipinski definition) is 2. The molecule has 0 aliphatic carbocycles. The molecule has 1 heterocycles. The topological polar surface area (TPSA) is 32.3 Å². The smallest absolute Gasteiger partial charge is 0.0712 e. The minimum Gasteiger partial charge on any atom is -0.391 e. The molecule has 0 amide bonds. The van der Waals surface area contributed by atoms with Crippen molar-refractivity contribution >= 4 is 11.8 Å². The molecule has 2 nitrogen and oxygen atoms in total. The van der Waals surface area contributed by atoms with E-state index in [1.165, 1.54) is 0 Å². The average molecular weight is 147 g/mol. The van der Waals surface area contributed by atoms with Crippen LogP contribution in [0.3, 0.4) is 0 Å². The van der Waals surface area contributed by atoms with Crippen molar-refractivity contribution in [2.75, 3.05) is 25.1 Å². The van der Waals surface area contributed by atoms with E-state index in [-0.39, 0.29) is 6.10 Å². The lowest BCUT2D eigenvalue weighted by atomic mass is 10.1. The van der Waals surface area contributed by atoms with Crippen molar-refractivity contribution in [1.29, 1.82) is 0 Å². The van der Waals surface area contributed by atoms with Gasteiger partial charge in [-0.15, -0.1) is 0 Å². The number of thioether (sulfide) groups is 1. The molecular formula is C6H13NOS. The van der Waals surface area contributed by atoms with E-state index in [4.69, 9.17) is 0 Å². The van der Waals surface area contributed by atoms with Gasteiger partial charge in [0.05, 0.1) is 6.10 Å². The van der Waals surface area contributed by atoms with E-state index in [1.807, 2.05) is 0 Å². The molecule has 2 atom stereocenters. The molecule has 0 radical (unpaired) electrons. The fourth-order valence-electron chi connectivity index (χ4n) is 1.10. The summed E-state index contributed by atoms with van der Waals surface area (Å²) < 4.78 is 0. The fourth-order valence-corrected chi connectivity index (χ4v) is 1.87. The molecule has 0 aromatic heterocycles. The number of aliphatic hydroxyl groups excluding tert-OH is 1. The Morgan fingerprint density at radius 2 is 2.44 bits per heavy atom. The third kappa shape index (κ3) is 1.85. The maximum Gasteiger partial charge on any atom is 0.0712 e. The molecule has 1 fully saturated rings. The van der Waals surface area contributed by atoms with Gasteiger partial charge in [-0.1, -0.05) is 0 Å². The van der Waals surface area contributed by atoms with Crippen LogP contribution in [0.15, 0.2) is 0 Å². The van der Waals surface area contributed by atoms with Crippen molar-refractivity contribution < 1.29 is 5.11 Å². The lowest BCUT2D eigenvalue weighted by Crippen LogP contribution is -2.19. The van der Waals surface area contributed by atoms with Crippen molar-refractivity contribution in [1.82, 2.24) is 5.32 Å². The first-order chi connectivity index (χ1) is 4.34. The van der Waals surface area contributed by atoms with E-state index in [2.05, 4.69) is 11.6 Å². The van der Waals surface area contributed by atoms with Crippen molar-refractivity contribution in [3.8, 4) is 0 Å². The van der Waals surface area contributed by atoms with Gasteiger partial charge in [-0.25, -0.2) is 0 Å². The molecule has 1 rings (SSSR count). The first-order valence-corrected chi connectivity index (χ1v) is 4.61. The van der Waals surface area contributed by atoms with Gasteiger partial charge >= 0.3 is 0 Å². The van der Waals surface area contributed by atoms with E-state index >= 15 is 0 Å². The number of hydrogen-bond acceptors (Lipinski definition) is 3. The van der Waals surface area contributed by atoms with E-state index in [0.29, 0.717) is 5.92 Å². The molecule has 0 aromatic rings. The standard InChI is InChI=1S/C6H13NOS/c1-9-4-5-2-7-3-6(5)8/h5-8H,2-4H2,1H3/t5-,6?/m1/s1. The van der Waals surface area contributed by atoms with E-state index in [0.717, 1.165) is 18.8 Å². The van der Waals surface area contributed by atoms with Crippen LogP contribution in [0.5, 0.6) is 0 Å². The summed E-state index contributed by atoms with van der Waals surface area (Å²) in [5, 5.41) is 12.4. The molecular weight excluding hydrogens is 134 g/mol. The Kier molecular flexibility index (Phi) is 2.82. The van der Waals surface area contributed by atoms with Crippen LogP contribution in [0.4, 0.5) is 0 Å². The normalized spacial score (nSPS) is 35.3. The molecule has 0 aromatic carbocycles. The molecule has 0 spiro atoms. The van der Waals surface area contributed by atoms with Gasteiger partial charge in [0.15, 0.2) is 0 Å². The summed E-state index contributed by atoms with van der Waals surface area (Å²) in [4.78, 5) is 0. The van der Waals surface area contributed by atoms with Crippen LogP contribution in [-0.2, 0) is 0 Å². The molecule has 1 aliphatic rings. The summed E-state index contributed by atoms with van der Waals surface area (Å²) in [5.41, 5.74) is 0. The van der Waals surface area contributed by atoms with Gasteiger partial charge in [0.2, 0.25) is 0 Å². The van der Waals surface area contributed by atoms with Crippen LogP contribution in [0, 0.1) is 5.92 Å². The molecule has 1 aliphatic heterocycles. The minimum atomic E-state index is -0.0996. The van der Waals surface area contributed by atoms with Crippen LogP contribution in [0.1, 0.15) is 0 Å². The maximum absolute atomic E-state index is 9.24. The van der Waals surface area contributed by atoms with Gasteiger partial charge in [0.25, 0.3) is 0 Å². The van der Waals surface area contributed by atoms with Crippen molar-refractivity contribution in [3.63, 3.8) is 0 Å². The van der Waals surface area contributed by atoms with Gasteiger partial charge in [-0.05, 0) is 12.0 Å². The lowest BCUT2D eigenvalue weighted by molar-refractivity contribution is 0.158. The minimum absolute atomic E-state index is 0.0996. The van der Waals surface area contributed by atoms with Gasteiger partial charge in [-0.2, -0.15) is 11.8 Å². The van der Waals surface area contributed by atoms with E-state index < -0.39 is 0 Å². The SMILES string of the molecule is CSC[C@H]1CNCC1O. The monoisotopic (exact) mass is 147 g/mol. The van der Waals surface area contributed by atoms with E-state index in [9.17, 15) is 5.11 Å². The quantitative estimate of drug-likeness (QED) is 0.573. The number of β-amino-alcohol motifs (C(OH)–C–C–N with tert-alkyl or cyclic N) is 1. The lowest BCUT2D eigenvalue weighted by Gasteiger charge is -2.09. The predicted octanol–water partition coefficient (Wildman–Crippen LogP) is -0.0703. The molecule has 1 unspecified atom stereocenters. The van der Waals surface area contributed by atoms with Crippen molar-refractivity contribution in [2.45, 2.75) is 6.10 Å². The fraction of sp³-hybridized carbons (Fsp3) is 1.00. The Morgan fingerprint density at radius 1 is 1.67 bits per heavy atom. The highest BCUT2D eigenvalue weighted by Gasteiger charge is 2.23. The van der Waals surface area contributed by atoms with Gasteiger partial charge < -0.3 is 10.4 Å². The highest BCUT2D eigenvalue weighted by atomic mass is 32.2. The maximum atomic E-state index is 9.24. The first-order valence-electron chi connectivity index (χ1n) is 3.22. The average Bonchev–Trinajstić information content (AvgIpc) is 2.18. The second kappa shape index (κ2) is 3.44. The zero-order valence-corrected chi connectivity index (χ0v) is 6.45. The Morgan fingerprint density at radius 3 is 2.89 bits per heavy atom. The van der Waals surface area contributed by atoms with Crippen LogP contribution in [-0.4, -0.2) is 36.3 Å². The Labute approximate surface area is 60.0 Å². The predicted molar refractivity (Wildman–Crippen MR) is 40.7 cm³/mol. The highest BCUT2D eigenvalue weighted by Crippen LogP contribution is 2.13.